The first-order chi connectivity index (χ1) is 7.16. The largest absolute Gasteiger partial charge is 0.315 e. The predicted octanol–water partition coefficient (Wildman–Crippen LogP) is -0.285. The van der Waals surface area contributed by atoms with Gasteiger partial charge in [-0.1, -0.05) is 12.8 Å². The minimum Gasteiger partial charge on any atom is -0.315 e. The van der Waals surface area contributed by atoms with Crippen LogP contribution in [0.5, 0.6) is 0 Å². The van der Waals surface area contributed by atoms with Crippen molar-refractivity contribution in [2.75, 3.05) is 13.1 Å². The maximum absolute atomic E-state index is 11.7. The summed E-state index contributed by atoms with van der Waals surface area (Å²) in [7, 11) is -3.29. The molecule has 5 nitrogen and oxygen atoms in total. The second kappa shape index (κ2) is 4.78. The lowest BCUT2D eigenvalue weighted by molar-refractivity contribution is 0.523. The van der Waals surface area contributed by atoms with Crippen LogP contribution < -0.4 is 14.8 Å². The van der Waals surface area contributed by atoms with Crippen molar-refractivity contribution in [2.24, 2.45) is 0 Å². The van der Waals surface area contributed by atoms with Crippen molar-refractivity contribution in [2.45, 2.75) is 44.2 Å². The molecule has 1 atom stereocenters. The maximum atomic E-state index is 11.7. The molecule has 1 heterocycles. The molecule has 0 aromatic carbocycles. The van der Waals surface area contributed by atoms with E-state index in [4.69, 9.17) is 0 Å². The minimum atomic E-state index is -3.29. The van der Waals surface area contributed by atoms with Crippen LogP contribution in [0.2, 0.25) is 0 Å². The summed E-state index contributed by atoms with van der Waals surface area (Å²) in [5.74, 6) is 0. The van der Waals surface area contributed by atoms with Gasteiger partial charge < -0.3 is 5.32 Å². The third-order valence-electron chi connectivity index (χ3n) is 3.06. The third-order valence-corrected chi connectivity index (χ3v) is 4.35. The van der Waals surface area contributed by atoms with Gasteiger partial charge in [-0.2, -0.15) is 17.9 Å². The monoisotopic (exact) mass is 233 g/mol. The summed E-state index contributed by atoms with van der Waals surface area (Å²) < 4.78 is 28.8. The molecule has 1 unspecified atom stereocenters. The highest BCUT2D eigenvalue weighted by molar-refractivity contribution is 7.87. The van der Waals surface area contributed by atoms with E-state index in [-0.39, 0.29) is 12.1 Å². The Morgan fingerprint density at radius 3 is 2.27 bits per heavy atom. The second-order valence-electron chi connectivity index (χ2n) is 4.41. The lowest BCUT2D eigenvalue weighted by atomic mass is 10.3. The molecule has 2 fully saturated rings. The van der Waals surface area contributed by atoms with E-state index in [1.165, 1.54) is 0 Å². The zero-order valence-electron chi connectivity index (χ0n) is 8.83. The Bertz CT molecular complexity index is 268. The summed E-state index contributed by atoms with van der Waals surface area (Å²) in [4.78, 5) is 0. The van der Waals surface area contributed by atoms with E-state index >= 15 is 0 Å². The van der Waals surface area contributed by atoms with E-state index in [9.17, 15) is 8.42 Å². The minimum absolute atomic E-state index is 0.0592. The molecule has 0 aromatic rings. The lowest BCUT2D eigenvalue weighted by Gasteiger charge is -2.16. The smallest absolute Gasteiger partial charge is 0.277 e. The van der Waals surface area contributed by atoms with E-state index in [1.54, 1.807) is 0 Å². The average Bonchev–Trinajstić information content (AvgIpc) is 2.75. The molecule has 0 aromatic heterocycles. The maximum Gasteiger partial charge on any atom is 0.277 e. The third kappa shape index (κ3) is 3.41. The number of hydrogen-bond donors (Lipinski definition) is 3. The summed E-state index contributed by atoms with van der Waals surface area (Å²) >= 11 is 0. The van der Waals surface area contributed by atoms with Crippen molar-refractivity contribution in [3.8, 4) is 0 Å². The van der Waals surface area contributed by atoms with Crippen LogP contribution in [-0.2, 0) is 10.2 Å². The molecule has 1 saturated heterocycles. The first kappa shape index (κ1) is 11.3. The second-order valence-corrected chi connectivity index (χ2v) is 5.89. The fourth-order valence-electron chi connectivity index (χ4n) is 2.27. The van der Waals surface area contributed by atoms with Gasteiger partial charge in [0.25, 0.3) is 10.2 Å². The Hall–Kier alpha value is -0.170. The van der Waals surface area contributed by atoms with Gasteiger partial charge in [0.2, 0.25) is 0 Å². The Morgan fingerprint density at radius 2 is 1.67 bits per heavy atom. The van der Waals surface area contributed by atoms with Crippen molar-refractivity contribution in [1.29, 1.82) is 0 Å². The Morgan fingerprint density at radius 1 is 1.00 bits per heavy atom. The number of rotatable bonds is 4. The summed E-state index contributed by atoms with van der Waals surface area (Å²) in [6.45, 7) is 1.64. The van der Waals surface area contributed by atoms with Gasteiger partial charge in [-0.15, -0.1) is 0 Å². The van der Waals surface area contributed by atoms with Crippen LogP contribution in [0.15, 0.2) is 0 Å². The van der Waals surface area contributed by atoms with Gasteiger partial charge >= 0.3 is 0 Å². The number of hydrogen-bond acceptors (Lipinski definition) is 3. The molecular formula is C9H19N3O2S. The quantitative estimate of drug-likeness (QED) is 0.625. The SMILES string of the molecule is O=S(=O)(NC1CCCC1)NC1CCNC1. The van der Waals surface area contributed by atoms with Gasteiger partial charge in [-0.25, -0.2) is 0 Å². The van der Waals surface area contributed by atoms with Crippen molar-refractivity contribution in [3.63, 3.8) is 0 Å². The van der Waals surface area contributed by atoms with Crippen molar-refractivity contribution in [3.05, 3.63) is 0 Å². The zero-order valence-corrected chi connectivity index (χ0v) is 9.65. The van der Waals surface area contributed by atoms with E-state index in [2.05, 4.69) is 14.8 Å². The normalized spacial score (nSPS) is 28.7. The molecule has 1 aliphatic carbocycles. The van der Waals surface area contributed by atoms with Gasteiger partial charge in [0.05, 0.1) is 0 Å². The highest BCUT2D eigenvalue weighted by atomic mass is 32.2. The first-order valence-electron chi connectivity index (χ1n) is 5.66. The molecule has 15 heavy (non-hydrogen) atoms. The molecule has 0 bridgehead atoms. The molecule has 3 N–H and O–H groups in total. The topological polar surface area (TPSA) is 70.2 Å². The molecule has 6 heteroatoms. The van der Waals surface area contributed by atoms with Crippen LogP contribution in [0.25, 0.3) is 0 Å². The fourth-order valence-corrected chi connectivity index (χ4v) is 3.65. The van der Waals surface area contributed by atoms with Crippen molar-refractivity contribution in [1.82, 2.24) is 14.8 Å². The van der Waals surface area contributed by atoms with E-state index in [0.717, 1.165) is 45.2 Å². The summed E-state index contributed by atoms with van der Waals surface area (Å²) in [6, 6.07) is 0.209. The van der Waals surface area contributed by atoms with Gasteiger partial charge in [0, 0.05) is 18.6 Å². The number of nitrogens with one attached hydrogen (secondary N) is 3. The molecule has 1 aliphatic heterocycles. The van der Waals surface area contributed by atoms with Crippen LogP contribution in [0, 0.1) is 0 Å². The van der Waals surface area contributed by atoms with Crippen LogP contribution in [0.1, 0.15) is 32.1 Å². The summed E-state index contributed by atoms with van der Waals surface area (Å²) in [5.41, 5.74) is 0. The predicted molar refractivity (Wildman–Crippen MR) is 58.7 cm³/mol. The standard InChI is InChI=1S/C9H19N3O2S/c13-15(14,11-8-3-1-2-4-8)12-9-5-6-10-7-9/h8-12H,1-7H2. The molecule has 0 amide bonds. The Labute approximate surface area is 91.2 Å². The highest BCUT2D eigenvalue weighted by Crippen LogP contribution is 2.18. The molecule has 2 rings (SSSR count). The van der Waals surface area contributed by atoms with Crippen LogP contribution in [0.3, 0.4) is 0 Å². The van der Waals surface area contributed by atoms with E-state index in [0.29, 0.717) is 0 Å². The van der Waals surface area contributed by atoms with E-state index < -0.39 is 10.2 Å². The van der Waals surface area contributed by atoms with E-state index in [1.807, 2.05) is 0 Å². The van der Waals surface area contributed by atoms with Crippen molar-refractivity contribution < 1.29 is 8.42 Å². The molecular weight excluding hydrogens is 214 g/mol. The van der Waals surface area contributed by atoms with Crippen molar-refractivity contribution >= 4 is 10.2 Å². The summed E-state index contributed by atoms with van der Waals surface area (Å²) in [6.07, 6.45) is 5.11. The average molecular weight is 233 g/mol. The van der Waals surface area contributed by atoms with Gasteiger partial charge in [0.15, 0.2) is 0 Å². The molecule has 0 spiro atoms. The van der Waals surface area contributed by atoms with Crippen LogP contribution >= 0.6 is 0 Å². The Balaban J connectivity index is 1.82. The van der Waals surface area contributed by atoms with Gasteiger partial charge in [0.1, 0.15) is 0 Å². The van der Waals surface area contributed by atoms with Gasteiger partial charge in [-0.3, -0.25) is 0 Å². The molecule has 88 valence electrons. The summed E-state index contributed by atoms with van der Waals surface area (Å²) in [5, 5.41) is 3.13. The zero-order chi connectivity index (χ0) is 10.7. The first-order valence-corrected chi connectivity index (χ1v) is 7.14. The van der Waals surface area contributed by atoms with Crippen LogP contribution in [-0.4, -0.2) is 33.6 Å². The fraction of sp³-hybridized carbons (Fsp3) is 1.00. The lowest BCUT2D eigenvalue weighted by Crippen LogP contribution is -2.46. The van der Waals surface area contributed by atoms with Gasteiger partial charge in [-0.05, 0) is 25.8 Å². The van der Waals surface area contributed by atoms with Crippen LogP contribution in [0.4, 0.5) is 0 Å². The highest BCUT2D eigenvalue weighted by Gasteiger charge is 2.24. The molecule has 1 saturated carbocycles. The molecule has 2 aliphatic rings. The Kier molecular flexibility index (Phi) is 3.60. The molecule has 0 radical (unpaired) electrons.